The molecule has 0 amide bonds. The quantitative estimate of drug-likeness (QED) is 0.707. The van der Waals surface area contributed by atoms with E-state index in [4.69, 9.17) is 0 Å². The highest BCUT2D eigenvalue weighted by Gasteiger charge is 2.32. The van der Waals surface area contributed by atoms with Gasteiger partial charge in [-0.15, -0.1) is 0 Å². The van der Waals surface area contributed by atoms with E-state index in [9.17, 15) is 0 Å². The Morgan fingerprint density at radius 1 is 1.46 bits per heavy atom. The molecule has 0 radical (unpaired) electrons. The van der Waals surface area contributed by atoms with Gasteiger partial charge in [0.25, 0.3) is 0 Å². The number of rotatable bonds is 1. The van der Waals surface area contributed by atoms with Gasteiger partial charge in [0, 0.05) is 19.5 Å². The molecule has 0 saturated heterocycles. The number of aromatic nitrogens is 2. The van der Waals surface area contributed by atoms with Crippen LogP contribution in [-0.4, -0.2) is 23.8 Å². The van der Waals surface area contributed by atoms with Gasteiger partial charge in [-0.05, 0) is 25.7 Å². The van der Waals surface area contributed by atoms with Crippen molar-refractivity contribution >= 4 is 5.69 Å². The molecule has 1 aliphatic heterocycles. The van der Waals surface area contributed by atoms with Gasteiger partial charge < -0.3 is 4.90 Å². The Hall–Kier alpha value is -0.990. The smallest absolute Gasteiger partial charge is 0.0889 e. The van der Waals surface area contributed by atoms with Crippen molar-refractivity contribution in [1.29, 1.82) is 0 Å². The van der Waals surface area contributed by atoms with E-state index in [1.54, 1.807) is 0 Å². The van der Waals surface area contributed by atoms with Crippen LogP contribution in [0.3, 0.4) is 0 Å². The lowest BCUT2D eigenvalue weighted by molar-refractivity contribution is 0.729. The van der Waals surface area contributed by atoms with E-state index < -0.39 is 0 Å². The first-order chi connectivity index (χ1) is 6.36. The Bertz CT molecular complexity index is 325. The summed E-state index contributed by atoms with van der Waals surface area (Å²) in [6, 6.07) is 0. The predicted octanol–water partition coefficient (Wildman–Crippen LogP) is 1.67. The minimum absolute atomic E-state index is 0.764. The largest absolute Gasteiger partial charge is 0.372 e. The first-order valence-corrected chi connectivity index (χ1v) is 5.14. The number of anilines is 1. The highest BCUT2D eigenvalue weighted by atomic mass is 15.2. The van der Waals surface area contributed by atoms with Crippen molar-refractivity contribution in [2.75, 3.05) is 18.5 Å². The molecule has 70 valence electrons. The van der Waals surface area contributed by atoms with E-state index in [0.29, 0.717) is 0 Å². The second-order valence-corrected chi connectivity index (χ2v) is 4.24. The minimum atomic E-state index is 0.764. The molecule has 1 aromatic rings. The number of nitrogens with one attached hydrogen (secondary N) is 1. The molecule has 0 spiro atoms. The summed E-state index contributed by atoms with van der Waals surface area (Å²) < 4.78 is 0. The Morgan fingerprint density at radius 3 is 3.08 bits per heavy atom. The van der Waals surface area contributed by atoms with Crippen LogP contribution in [0.2, 0.25) is 0 Å². The lowest BCUT2D eigenvalue weighted by atomic mass is 10.1. The van der Waals surface area contributed by atoms with E-state index in [1.807, 2.05) is 0 Å². The molecule has 1 N–H and O–H groups in total. The van der Waals surface area contributed by atoms with Crippen LogP contribution in [0, 0.1) is 0 Å². The molecule has 1 aromatic heterocycles. The van der Waals surface area contributed by atoms with Gasteiger partial charge in [0.15, 0.2) is 0 Å². The van der Waals surface area contributed by atoms with E-state index in [0.717, 1.165) is 5.92 Å². The standard InChI is InChI=1S/C10H15N3/c1-13-6-2-3-8-10(13)9(12-11-8)7-4-5-7/h7H,2-6H2,1H3,(H,11,12). The average Bonchev–Trinajstić information content (AvgIpc) is 2.87. The average molecular weight is 177 g/mol. The number of aromatic amines is 1. The van der Waals surface area contributed by atoms with Gasteiger partial charge in [0.2, 0.25) is 0 Å². The van der Waals surface area contributed by atoms with Crippen LogP contribution >= 0.6 is 0 Å². The zero-order chi connectivity index (χ0) is 8.84. The van der Waals surface area contributed by atoms with Gasteiger partial charge in [-0.2, -0.15) is 5.10 Å². The number of H-pyrrole nitrogens is 1. The Morgan fingerprint density at radius 2 is 2.31 bits per heavy atom. The Kier molecular flexibility index (Phi) is 1.43. The zero-order valence-electron chi connectivity index (χ0n) is 8.01. The summed E-state index contributed by atoms with van der Waals surface area (Å²) in [6.07, 6.45) is 5.12. The van der Waals surface area contributed by atoms with Crippen LogP contribution in [0.25, 0.3) is 0 Å². The van der Waals surface area contributed by atoms with Crippen LogP contribution in [0.15, 0.2) is 0 Å². The summed E-state index contributed by atoms with van der Waals surface area (Å²) in [4.78, 5) is 2.36. The number of hydrogen-bond acceptors (Lipinski definition) is 2. The summed E-state index contributed by atoms with van der Waals surface area (Å²) in [5.74, 6) is 0.764. The fourth-order valence-electron chi connectivity index (χ4n) is 2.23. The molecule has 2 heterocycles. The van der Waals surface area contributed by atoms with Crippen molar-refractivity contribution in [3.63, 3.8) is 0 Å². The number of aryl methyl sites for hydroxylation is 1. The van der Waals surface area contributed by atoms with Gasteiger partial charge in [-0.25, -0.2) is 0 Å². The Balaban J connectivity index is 2.06. The van der Waals surface area contributed by atoms with E-state index >= 15 is 0 Å². The molecular formula is C10H15N3. The summed E-state index contributed by atoms with van der Waals surface area (Å²) in [5.41, 5.74) is 4.10. The number of hydrogen-bond donors (Lipinski definition) is 1. The van der Waals surface area contributed by atoms with Crippen LogP contribution in [0.4, 0.5) is 5.69 Å². The molecule has 1 fully saturated rings. The minimum Gasteiger partial charge on any atom is -0.372 e. The first-order valence-electron chi connectivity index (χ1n) is 5.14. The van der Waals surface area contributed by atoms with Crippen molar-refractivity contribution in [3.05, 3.63) is 11.4 Å². The molecule has 0 atom stereocenters. The molecule has 1 aliphatic carbocycles. The van der Waals surface area contributed by atoms with E-state index in [-0.39, 0.29) is 0 Å². The normalized spacial score (nSPS) is 21.8. The van der Waals surface area contributed by atoms with Crippen molar-refractivity contribution in [3.8, 4) is 0 Å². The second-order valence-electron chi connectivity index (χ2n) is 4.24. The molecule has 0 unspecified atom stereocenters. The third-order valence-corrected chi connectivity index (χ3v) is 3.11. The molecular weight excluding hydrogens is 162 g/mol. The third kappa shape index (κ3) is 1.06. The first kappa shape index (κ1) is 7.42. The van der Waals surface area contributed by atoms with Crippen LogP contribution in [0.5, 0.6) is 0 Å². The molecule has 1 saturated carbocycles. The van der Waals surface area contributed by atoms with Crippen LogP contribution in [-0.2, 0) is 6.42 Å². The van der Waals surface area contributed by atoms with Crippen molar-refractivity contribution in [2.24, 2.45) is 0 Å². The number of fused-ring (bicyclic) bond motifs is 1. The maximum absolute atomic E-state index is 4.44. The highest BCUT2D eigenvalue weighted by Crippen LogP contribution is 2.45. The van der Waals surface area contributed by atoms with E-state index in [1.165, 1.54) is 49.3 Å². The third-order valence-electron chi connectivity index (χ3n) is 3.11. The van der Waals surface area contributed by atoms with Crippen molar-refractivity contribution in [2.45, 2.75) is 31.6 Å². The maximum atomic E-state index is 4.44. The fraction of sp³-hybridized carbons (Fsp3) is 0.700. The second kappa shape index (κ2) is 2.50. The zero-order valence-corrected chi connectivity index (χ0v) is 8.01. The van der Waals surface area contributed by atoms with Gasteiger partial charge >= 0.3 is 0 Å². The predicted molar refractivity (Wildman–Crippen MR) is 52.2 cm³/mol. The topological polar surface area (TPSA) is 31.9 Å². The van der Waals surface area contributed by atoms with Crippen LogP contribution < -0.4 is 4.90 Å². The lowest BCUT2D eigenvalue weighted by Crippen LogP contribution is -2.24. The fourth-order valence-corrected chi connectivity index (χ4v) is 2.23. The van der Waals surface area contributed by atoms with Crippen LogP contribution in [0.1, 0.15) is 36.6 Å². The molecule has 3 rings (SSSR count). The summed E-state index contributed by atoms with van der Waals surface area (Å²) in [7, 11) is 2.18. The molecule has 2 aliphatic rings. The lowest BCUT2D eigenvalue weighted by Gasteiger charge is -2.24. The molecule has 0 bridgehead atoms. The van der Waals surface area contributed by atoms with Gasteiger partial charge in [-0.3, -0.25) is 5.10 Å². The summed E-state index contributed by atoms with van der Waals surface area (Å²) in [6.45, 7) is 1.19. The molecule has 0 aromatic carbocycles. The van der Waals surface area contributed by atoms with Gasteiger partial charge in [0.1, 0.15) is 0 Å². The maximum Gasteiger partial charge on any atom is 0.0889 e. The van der Waals surface area contributed by atoms with Gasteiger partial charge in [0.05, 0.1) is 17.1 Å². The van der Waals surface area contributed by atoms with Crippen molar-refractivity contribution in [1.82, 2.24) is 10.2 Å². The number of nitrogens with zero attached hydrogens (tertiary/aromatic N) is 2. The molecule has 3 heteroatoms. The highest BCUT2D eigenvalue weighted by molar-refractivity contribution is 5.58. The SMILES string of the molecule is CN1CCCc2[nH]nc(C3CC3)c21. The molecule has 3 nitrogen and oxygen atoms in total. The van der Waals surface area contributed by atoms with Gasteiger partial charge in [-0.1, -0.05) is 0 Å². The van der Waals surface area contributed by atoms with E-state index in [2.05, 4.69) is 22.1 Å². The summed E-state index contributed by atoms with van der Waals surface area (Å²) in [5, 5.41) is 7.63. The molecule has 13 heavy (non-hydrogen) atoms. The monoisotopic (exact) mass is 177 g/mol. The summed E-state index contributed by atoms with van der Waals surface area (Å²) >= 11 is 0. The van der Waals surface area contributed by atoms with Crippen molar-refractivity contribution < 1.29 is 0 Å². The Labute approximate surface area is 78.1 Å².